The van der Waals surface area contributed by atoms with Crippen LogP contribution >= 0.6 is 0 Å². The Morgan fingerprint density at radius 3 is 2.00 bits per heavy atom. The van der Waals surface area contributed by atoms with Crippen LogP contribution in [0.4, 0.5) is 0 Å². The summed E-state index contributed by atoms with van der Waals surface area (Å²) >= 11 is 0. The zero-order valence-corrected chi connectivity index (χ0v) is 7.90. The van der Waals surface area contributed by atoms with Crippen molar-refractivity contribution < 1.29 is 0 Å². The maximum atomic E-state index is 4.12. The number of hydrogen-bond donors (Lipinski definition) is 0. The van der Waals surface area contributed by atoms with E-state index in [2.05, 4.69) is 20.4 Å². The average molecular weight is 152 g/mol. The number of allylic oxidation sites excluding steroid dienone is 1. The minimum absolute atomic E-state index is 0.884. The van der Waals surface area contributed by atoms with Gasteiger partial charge in [-0.15, -0.1) is 0 Å². The normalized spacial score (nSPS) is 34.5. The first kappa shape index (κ1) is 8.83. The molecule has 0 heterocycles. The summed E-state index contributed by atoms with van der Waals surface area (Å²) in [6.07, 6.45) is 6.77. The lowest BCUT2D eigenvalue weighted by Gasteiger charge is -2.21. The molecule has 2 atom stereocenters. The molecule has 0 amide bonds. The first-order valence-corrected chi connectivity index (χ1v) is 4.85. The summed E-state index contributed by atoms with van der Waals surface area (Å²) < 4.78 is 0. The molecule has 0 N–H and O–H groups in total. The SMILES string of the molecule is C=C1CC(C)CCCC(C)C1. The van der Waals surface area contributed by atoms with Gasteiger partial charge < -0.3 is 0 Å². The maximum absolute atomic E-state index is 4.12. The molecule has 1 saturated carbocycles. The summed E-state index contributed by atoms with van der Waals surface area (Å²) in [5.41, 5.74) is 1.48. The van der Waals surface area contributed by atoms with Crippen molar-refractivity contribution in [2.45, 2.75) is 46.0 Å². The summed E-state index contributed by atoms with van der Waals surface area (Å²) in [5.74, 6) is 1.77. The summed E-state index contributed by atoms with van der Waals surface area (Å²) in [6, 6.07) is 0. The van der Waals surface area contributed by atoms with Crippen LogP contribution in [0.5, 0.6) is 0 Å². The van der Waals surface area contributed by atoms with Crippen LogP contribution in [0.2, 0.25) is 0 Å². The van der Waals surface area contributed by atoms with Crippen LogP contribution in [0.1, 0.15) is 46.0 Å². The molecule has 1 fully saturated rings. The van der Waals surface area contributed by atoms with E-state index in [1.54, 1.807) is 0 Å². The van der Waals surface area contributed by atoms with E-state index in [1.165, 1.54) is 37.7 Å². The molecule has 0 nitrogen and oxygen atoms in total. The van der Waals surface area contributed by atoms with E-state index >= 15 is 0 Å². The van der Waals surface area contributed by atoms with Gasteiger partial charge in [-0.2, -0.15) is 0 Å². The van der Waals surface area contributed by atoms with E-state index in [4.69, 9.17) is 0 Å². The van der Waals surface area contributed by atoms with Crippen LogP contribution in [-0.2, 0) is 0 Å². The van der Waals surface area contributed by atoms with Crippen molar-refractivity contribution >= 4 is 0 Å². The first-order valence-electron chi connectivity index (χ1n) is 4.85. The second kappa shape index (κ2) is 3.94. The standard InChI is InChI=1S/C11H20/c1-9-5-4-6-10(2)8-11(3)7-9/h9-10H,3-8H2,1-2H3. The van der Waals surface area contributed by atoms with Gasteiger partial charge in [-0.25, -0.2) is 0 Å². The van der Waals surface area contributed by atoms with Crippen molar-refractivity contribution in [1.29, 1.82) is 0 Å². The smallest absolute Gasteiger partial charge is 0.0297 e. The molecule has 0 saturated heterocycles. The zero-order chi connectivity index (χ0) is 8.27. The van der Waals surface area contributed by atoms with Gasteiger partial charge in [0.25, 0.3) is 0 Å². The minimum atomic E-state index is 0.884. The first-order chi connectivity index (χ1) is 5.18. The van der Waals surface area contributed by atoms with E-state index < -0.39 is 0 Å². The molecule has 0 bridgehead atoms. The fourth-order valence-electron chi connectivity index (χ4n) is 2.09. The molecule has 0 radical (unpaired) electrons. The third-order valence-corrected chi connectivity index (χ3v) is 2.67. The fourth-order valence-corrected chi connectivity index (χ4v) is 2.09. The molecular formula is C11H20. The van der Waals surface area contributed by atoms with Gasteiger partial charge in [0.05, 0.1) is 0 Å². The second-order valence-electron chi connectivity index (χ2n) is 4.30. The van der Waals surface area contributed by atoms with Crippen molar-refractivity contribution in [3.05, 3.63) is 12.2 Å². The van der Waals surface area contributed by atoms with Crippen LogP contribution in [-0.4, -0.2) is 0 Å². The van der Waals surface area contributed by atoms with Crippen molar-refractivity contribution in [3.63, 3.8) is 0 Å². The molecule has 0 aliphatic heterocycles. The van der Waals surface area contributed by atoms with Gasteiger partial charge in [-0.3, -0.25) is 0 Å². The van der Waals surface area contributed by atoms with Crippen LogP contribution in [0.15, 0.2) is 12.2 Å². The Kier molecular flexibility index (Phi) is 3.16. The lowest BCUT2D eigenvalue weighted by molar-refractivity contribution is 0.397. The molecule has 11 heavy (non-hydrogen) atoms. The summed E-state index contributed by atoms with van der Waals surface area (Å²) in [6.45, 7) is 8.81. The predicted octanol–water partition coefficient (Wildman–Crippen LogP) is 3.78. The molecule has 0 heteroatoms. The van der Waals surface area contributed by atoms with E-state index in [9.17, 15) is 0 Å². The summed E-state index contributed by atoms with van der Waals surface area (Å²) in [5, 5.41) is 0. The largest absolute Gasteiger partial charge is 0.0998 e. The maximum Gasteiger partial charge on any atom is -0.0297 e. The average Bonchev–Trinajstić information content (AvgIpc) is 1.83. The van der Waals surface area contributed by atoms with Crippen LogP contribution in [0.25, 0.3) is 0 Å². The van der Waals surface area contributed by atoms with Crippen molar-refractivity contribution in [2.75, 3.05) is 0 Å². The van der Waals surface area contributed by atoms with Gasteiger partial charge in [-0.1, -0.05) is 45.3 Å². The van der Waals surface area contributed by atoms with Gasteiger partial charge in [-0.05, 0) is 24.7 Å². The molecule has 1 rings (SSSR count). The zero-order valence-electron chi connectivity index (χ0n) is 7.90. The molecule has 1 aliphatic carbocycles. The van der Waals surface area contributed by atoms with Gasteiger partial charge in [0, 0.05) is 0 Å². The highest BCUT2D eigenvalue weighted by Gasteiger charge is 2.12. The molecular weight excluding hydrogens is 132 g/mol. The van der Waals surface area contributed by atoms with E-state index in [1.807, 2.05) is 0 Å². The molecule has 2 unspecified atom stereocenters. The topological polar surface area (TPSA) is 0 Å². The predicted molar refractivity (Wildman–Crippen MR) is 50.6 cm³/mol. The Hall–Kier alpha value is -0.260. The quantitative estimate of drug-likeness (QED) is 0.463. The summed E-state index contributed by atoms with van der Waals surface area (Å²) in [4.78, 5) is 0. The monoisotopic (exact) mass is 152 g/mol. The van der Waals surface area contributed by atoms with Crippen molar-refractivity contribution in [2.24, 2.45) is 11.8 Å². The van der Waals surface area contributed by atoms with E-state index in [0.29, 0.717) is 0 Å². The van der Waals surface area contributed by atoms with Crippen LogP contribution in [0.3, 0.4) is 0 Å². The van der Waals surface area contributed by atoms with Crippen molar-refractivity contribution in [3.8, 4) is 0 Å². The molecule has 0 aromatic carbocycles. The number of hydrogen-bond acceptors (Lipinski definition) is 0. The Morgan fingerprint density at radius 2 is 1.55 bits per heavy atom. The molecule has 0 aromatic rings. The lowest BCUT2D eigenvalue weighted by atomic mass is 9.85. The van der Waals surface area contributed by atoms with Crippen LogP contribution in [0, 0.1) is 11.8 Å². The Morgan fingerprint density at radius 1 is 1.09 bits per heavy atom. The molecule has 64 valence electrons. The molecule has 1 aliphatic rings. The third kappa shape index (κ3) is 3.09. The van der Waals surface area contributed by atoms with Crippen molar-refractivity contribution in [1.82, 2.24) is 0 Å². The van der Waals surface area contributed by atoms with Gasteiger partial charge >= 0.3 is 0 Å². The Bertz CT molecular complexity index is 121. The summed E-state index contributed by atoms with van der Waals surface area (Å²) in [7, 11) is 0. The van der Waals surface area contributed by atoms with E-state index in [-0.39, 0.29) is 0 Å². The minimum Gasteiger partial charge on any atom is -0.0998 e. The molecule has 0 spiro atoms. The fraction of sp³-hybridized carbons (Fsp3) is 0.818. The van der Waals surface area contributed by atoms with Gasteiger partial charge in [0.15, 0.2) is 0 Å². The van der Waals surface area contributed by atoms with Crippen LogP contribution < -0.4 is 0 Å². The highest BCUT2D eigenvalue weighted by atomic mass is 14.2. The van der Waals surface area contributed by atoms with Gasteiger partial charge in [0.1, 0.15) is 0 Å². The Labute approximate surface area is 70.7 Å². The third-order valence-electron chi connectivity index (χ3n) is 2.67. The van der Waals surface area contributed by atoms with E-state index in [0.717, 1.165) is 11.8 Å². The van der Waals surface area contributed by atoms with Gasteiger partial charge in [0.2, 0.25) is 0 Å². The second-order valence-corrected chi connectivity index (χ2v) is 4.30. The highest BCUT2D eigenvalue weighted by molar-refractivity contribution is 4.97. The molecule has 0 aromatic heterocycles. The lowest BCUT2D eigenvalue weighted by Crippen LogP contribution is -2.06. The highest BCUT2D eigenvalue weighted by Crippen LogP contribution is 2.27. The number of rotatable bonds is 0. The Balaban J connectivity index is 2.41.